The van der Waals surface area contributed by atoms with Crippen molar-refractivity contribution in [3.05, 3.63) is 28.2 Å². The van der Waals surface area contributed by atoms with E-state index in [4.69, 9.17) is 23.2 Å². The van der Waals surface area contributed by atoms with Gasteiger partial charge in [0.2, 0.25) is 10.0 Å². The number of halogens is 2. The molecule has 0 aromatic heterocycles. The Bertz CT molecular complexity index is 506. The van der Waals surface area contributed by atoms with E-state index in [9.17, 15) is 8.42 Å². The predicted molar refractivity (Wildman–Crippen MR) is 81.6 cm³/mol. The van der Waals surface area contributed by atoms with Crippen molar-refractivity contribution >= 4 is 38.9 Å². The molecule has 0 fully saturated rings. The quantitative estimate of drug-likeness (QED) is 0.722. The molecule has 2 N–H and O–H groups in total. The van der Waals surface area contributed by atoms with Crippen molar-refractivity contribution in [2.75, 3.05) is 23.6 Å². The predicted octanol–water partition coefficient (Wildman–Crippen LogP) is 3.12. The van der Waals surface area contributed by atoms with Gasteiger partial charge in [0.25, 0.3) is 0 Å². The summed E-state index contributed by atoms with van der Waals surface area (Å²) in [5.74, 6) is 0.0482. The van der Waals surface area contributed by atoms with Crippen LogP contribution in [0.15, 0.2) is 18.2 Å². The molecule has 1 rings (SSSR count). The Morgan fingerprint density at radius 2 is 1.95 bits per heavy atom. The zero-order valence-electron chi connectivity index (χ0n) is 10.7. The van der Waals surface area contributed by atoms with Gasteiger partial charge in [-0.05, 0) is 44.1 Å². The van der Waals surface area contributed by atoms with Gasteiger partial charge in [0.1, 0.15) is 0 Å². The Morgan fingerprint density at radius 1 is 1.21 bits per heavy atom. The number of sulfonamides is 1. The van der Waals surface area contributed by atoms with E-state index in [1.54, 1.807) is 12.1 Å². The minimum Gasteiger partial charge on any atom is -0.317 e. The van der Waals surface area contributed by atoms with Crippen molar-refractivity contribution < 1.29 is 8.42 Å². The van der Waals surface area contributed by atoms with E-state index in [1.165, 1.54) is 6.07 Å². The highest BCUT2D eigenvalue weighted by atomic mass is 35.5. The SMILES string of the molecule is CCCNCCCS(=O)(=O)Nc1cc(Cl)ccc1Cl. The molecule has 0 atom stereocenters. The van der Waals surface area contributed by atoms with Crippen LogP contribution in [-0.4, -0.2) is 27.3 Å². The third-order valence-corrected chi connectivity index (χ3v) is 4.31. The van der Waals surface area contributed by atoms with Gasteiger partial charge < -0.3 is 5.32 Å². The fourth-order valence-corrected chi connectivity index (χ4v) is 3.01. The summed E-state index contributed by atoms with van der Waals surface area (Å²) in [4.78, 5) is 0. The van der Waals surface area contributed by atoms with Crippen molar-refractivity contribution in [1.29, 1.82) is 0 Å². The van der Waals surface area contributed by atoms with Gasteiger partial charge >= 0.3 is 0 Å². The maximum absolute atomic E-state index is 11.9. The van der Waals surface area contributed by atoms with Gasteiger partial charge in [0.05, 0.1) is 16.5 Å². The molecule has 0 aliphatic carbocycles. The summed E-state index contributed by atoms with van der Waals surface area (Å²) in [5, 5.41) is 3.92. The minimum atomic E-state index is -3.39. The van der Waals surface area contributed by atoms with E-state index in [-0.39, 0.29) is 5.75 Å². The number of anilines is 1. The van der Waals surface area contributed by atoms with Gasteiger partial charge in [-0.15, -0.1) is 0 Å². The van der Waals surface area contributed by atoms with Gasteiger partial charge in [-0.2, -0.15) is 0 Å². The second-order valence-corrected chi connectivity index (χ2v) is 6.83. The summed E-state index contributed by atoms with van der Waals surface area (Å²) >= 11 is 11.7. The first-order chi connectivity index (χ1) is 8.94. The third-order valence-electron chi connectivity index (χ3n) is 2.39. The maximum atomic E-state index is 11.9. The van der Waals surface area contributed by atoms with E-state index in [2.05, 4.69) is 17.0 Å². The zero-order valence-corrected chi connectivity index (χ0v) is 13.1. The number of rotatable bonds is 8. The smallest absolute Gasteiger partial charge is 0.232 e. The number of benzene rings is 1. The summed E-state index contributed by atoms with van der Waals surface area (Å²) in [6.45, 7) is 3.64. The molecule has 0 bridgehead atoms. The highest BCUT2D eigenvalue weighted by molar-refractivity contribution is 7.92. The molecule has 4 nitrogen and oxygen atoms in total. The van der Waals surface area contributed by atoms with E-state index in [0.29, 0.717) is 28.7 Å². The van der Waals surface area contributed by atoms with Crippen LogP contribution in [0, 0.1) is 0 Å². The lowest BCUT2D eigenvalue weighted by Gasteiger charge is -2.10. The zero-order chi connectivity index (χ0) is 14.3. The molecule has 1 aromatic rings. The van der Waals surface area contributed by atoms with Crippen LogP contribution in [0.25, 0.3) is 0 Å². The molecule has 0 amide bonds. The summed E-state index contributed by atoms with van der Waals surface area (Å²) in [6.07, 6.45) is 1.58. The van der Waals surface area contributed by atoms with Gasteiger partial charge in [0, 0.05) is 5.02 Å². The fraction of sp³-hybridized carbons (Fsp3) is 0.500. The Labute approximate surface area is 124 Å². The van der Waals surface area contributed by atoms with Gasteiger partial charge in [0.15, 0.2) is 0 Å². The fourth-order valence-electron chi connectivity index (χ4n) is 1.48. The van der Waals surface area contributed by atoms with Crippen LogP contribution in [0.3, 0.4) is 0 Å². The highest BCUT2D eigenvalue weighted by Crippen LogP contribution is 2.26. The van der Waals surface area contributed by atoms with Crippen LogP contribution in [-0.2, 0) is 10.0 Å². The highest BCUT2D eigenvalue weighted by Gasteiger charge is 2.12. The average Bonchev–Trinajstić information content (AvgIpc) is 2.33. The van der Waals surface area contributed by atoms with Crippen molar-refractivity contribution in [2.45, 2.75) is 19.8 Å². The van der Waals surface area contributed by atoms with E-state index in [0.717, 1.165) is 13.0 Å². The first kappa shape index (κ1) is 16.6. The molecule has 0 heterocycles. The normalized spacial score (nSPS) is 11.5. The van der Waals surface area contributed by atoms with E-state index in [1.807, 2.05) is 0 Å². The van der Waals surface area contributed by atoms with Gasteiger partial charge in [-0.25, -0.2) is 8.42 Å². The topological polar surface area (TPSA) is 58.2 Å². The lowest BCUT2D eigenvalue weighted by atomic mass is 10.3. The molecular formula is C12H18Cl2N2O2S. The lowest BCUT2D eigenvalue weighted by molar-refractivity contribution is 0.593. The molecule has 7 heteroatoms. The summed E-state index contributed by atoms with van der Waals surface area (Å²) in [6, 6.07) is 4.66. The van der Waals surface area contributed by atoms with Crippen LogP contribution in [0.5, 0.6) is 0 Å². The Hall–Kier alpha value is -0.490. The molecule has 0 spiro atoms. The largest absolute Gasteiger partial charge is 0.317 e. The minimum absolute atomic E-state index is 0.0482. The van der Waals surface area contributed by atoms with Crippen LogP contribution < -0.4 is 10.0 Å². The second kappa shape index (κ2) is 7.94. The Balaban J connectivity index is 2.52. The molecule has 0 saturated carbocycles. The summed E-state index contributed by atoms with van der Waals surface area (Å²) in [5.41, 5.74) is 0.315. The molecule has 0 aliphatic rings. The Morgan fingerprint density at radius 3 is 2.63 bits per heavy atom. The van der Waals surface area contributed by atoms with Crippen molar-refractivity contribution in [1.82, 2.24) is 5.32 Å². The second-order valence-electron chi connectivity index (χ2n) is 4.15. The first-order valence-corrected chi connectivity index (χ1v) is 8.51. The molecule has 0 aliphatic heterocycles. The van der Waals surface area contributed by atoms with Gasteiger partial charge in [-0.1, -0.05) is 30.1 Å². The van der Waals surface area contributed by atoms with Crippen molar-refractivity contribution in [3.8, 4) is 0 Å². The number of hydrogen-bond acceptors (Lipinski definition) is 3. The number of hydrogen-bond donors (Lipinski definition) is 2. The van der Waals surface area contributed by atoms with Crippen LogP contribution in [0.4, 0.5) is 5.69 Å². The van der Waals surface area contributed by atoms with Crippen LogP contribution >= 0.6 is 23.2 Å². The Kier molecular flexibility index (Phi) is 6.93. The standard InChI is InChI=1S/C12H18Cl2N2O2S/c1-2-6-15-7-3-8-19(17,18)16-12-9-10(13)4-5-11(12)14/h4-5,9,15-16H,2-3,6-8H2,1H3. The van der Waals surface area contributed by atoms with Crippen LogP contribution in [0.1, 0.15) is 19.8 Å². The van der Waals surface area contributed by atoms with Gasteiger partial charge in [-0.3, -0.25) is 4.72 Å². The molecule has 0 radical (unpaired) electrons. The average molecular weight is 325 g/mol. The number of nitrogens with one attached hydrogen (secondary N) is 2. The maximum Gasteiger partial charge on any atom is 0.232 e. The van der Waals surface area contributed by atoms with E-state index >= 15 is 0 Å². The summed E-state index contributed by atoms with van der Waals surface area (Å²) in [7, 11) is -3.39. The lowest BCUT2D eigenvalue weighted by Crippen LogP contribution is -2.22. The molecule has 19 heavy (non-hydrogen) atoms. The summed E-state index contributed by atoms with van der Waals surface area (Å²) < 4.78 is 26.2. The van der Waals surface area contributed by atoms with E-state index < -0.39 is 10.0 Å². The monoisotopic (exact) mass is 324 g/mol. The third kappa shape index (κ3) is 6.47. The first-order valence-electron chi connectivity index (χ1n) is 6.11. The molecule has 0 unspecified atom stereocenters. The molecular weight excluding hydrogens is 307 g/mol. The molecule has 1 aromatic carbocycles. The molecule has 108 valence electrons. The van der Waals surface area contributed by atoms with Crippen molar-refractivity contribution in [2.24, 2.45) is 0 Å². The van der Waals surface area contributed by atoms with Crippen LogP contribution in [0.2, 0.25) is 10.0 Å². The molecule has 0 saturated heterocycles. The van der Waals surface area contributed by atoms with Crippen molar-refractivity contribution in [3.63, 3.8) is 0 Å².